The first-order valence-corrected chi connectivity index (χ1v) is 9.81. The van der Waals surface area contributed by atoms with Crippen molar-refractivity contribution in [3.63, 3.8) is 0 Å². The Hall–Kier alpha value is -2.75. The fraction of sp³-hybridized carbons (Fsp3) is 0.500. The minimum Gasteiger partial charge on any atom is -0.491 e. The normalized spacial score (nSPS) is 17.8. The number of benzene rings is 1. The first-order valence-electron chi connectivity index (χ1n) is 9.81. The third kappa shape index (κ3) is 5.65. The quantitative estimate of drug-likeness (QED) is 0.438. The second kappa shape index (κ2) is 9.84. The van der Waals surface area contributed by atoms with E-state index in [9.17, 15) is 13.2 Å². The van der Waals surface area contributed by atoms with E-state index >= 15 is 0 Å². The molecule has 1 saturated heterocycles. The molecule has 1 N–H and O–H groups in total. The van der Waals surface area contributed by atoms with Crippen LogP contribution in [0.15, 0.2) is 41.7 Å². The van der Waals surface area contributed by atoms with Crippen molar-refractivity contribution in [3.8, 4) is 5.75 Å². The molecule has 3 rings (SSSR count). The van der Waals surface area contributed by atoms with Crippen molar-refractivity contribution in [2.75, 3.05) is 39.4 Å². The Morgan fingerprint density at radius 3 is 2.87 bits per heavy atom. The highest BCUT2D eigenvalue weighted by Gasteiger charge is 2.34. The predicted molar refractivity (Wildman–Crippen MR) is 106 cm³/mol. The van der Waals surface area contributed by atoms with Gasteiger partial charge >= 0.3 is 6.18 Å². The lowest BCUT2D eigenvalue weighted by atomic mass is 10.1. The fourth-order valence-electron chi connectivity index (χ4n) is 3.21. The Balaban J connectivity index is 1.61. The third-order valence-electron chi connectivity index (χ3n) is 4.60. The number of guanidine groups is 1. The van der Waals surface area contributed by atoms with Gasteiger partial charge in [-0.15, -0.1) is 0 Å². The summed E-state index contributed by atoms with van der Waals surface area (Å²) < 4.78 is 52.1. The molecule has 1 atom stereocenters. The number of aliphatic imine (C=N–C) groups is 1. The van der Waals surface area contributed by atoms with Crippen LogP contribution in [0.2, 0.25) is 0 Å². The maximum Gasteiger partial charge on any atom is 0.419 e. The number of hydrogen-bond acceptors (Lipinski definition) is 4. The van der Waals surface area contributed by atoms with Crippen LogP contribution in [0.4, 0.5) is 13.2 Å². The van der Waals surface area contributed by atoms with Crippen LogP contribution in [0.5, 0.6) is 5.75 Å². The van der Waals surface area contributed by atoms with E-state index in [4.69, 9.17) is 9.47 Å². The van der Waals surface area contributed by atoms with Crippen LogP contribution in [0.1, 0.15) is 24.2 Å². The van der Waals surface area contributed by atoms with E-state index in [1.54, 1.807) is 10.9 Å². The predicted octanol–water partition coefficient (Wildman–Crippen LogP) is 2.86. The van der Waals surface area contributed by atoms with Gasteiger partial charge in [0, 0.05) is 31.9 Å². The van der Waals surface area contributed by atoms with Gasteiger partial charge < -0.3 is 19.7 Å². The molecule has 1 aliphatic heterocycles. The number of rotatable bonds is 6. The van der Waals surface area contributed by atoms with Crippen LogP contribution in [-0.2, 0) is 18.0 Å². The molecule has 30 heavy (non-hydrogen) atoms. The highest BCUT2D eigenvalue weighted by molar-refractivity contribution is 5.80. The van der Waals surface area contributed by atoms with Gasteiger partial charge in [-0.05, 0) is 19.1 Å². The lowest BCUT2D eigenvalue weighted by Crippen LogP contribution is -2.48. The van der Waals surface area contributed by atoms with Crippen molar-refractivity contribution in [2.24, 2.45) is 12.0 Å². The highest BCUT2D eigenvalue weighted by atomic mass is 19.4. The van der Waals surface area contributed by atoms with Gasteiger partial charge in [0.2, 0.25) is 0 Å². The van der Waals surface area contributed by atoms with Crippen LogP contribution in [0.3, 0.4) is 0 Å². The number of hydrogen-bond donors (Lipinski definition) is 1. The number of morpholine rings is 1. The van der Waals surface area contributed by atoms with E-state index < -0.39 is 11.7 Å². The average molecular weight is 425 g/mol. The number of nitrogens with zero attached hydrogens (tertiary/aromatic N) is 4. The lowest BCUT2D eigenvalue weighted by molar-refractivity contribution is -0.138. The van der Waals surface area contributed by atoms with Gasteiger partial charge in [0.05, 0.1) is 31.5 Å². The summed E-state index contributed by atoms with van der Waals surface area (Å²) in [6.07, 6.45) is -0.871. The van der Waals surface area contributed by atoms with Crippen molar-refractivity contribution < 1.29 is 22.6 Å². The van der Waals surface area contributed by atoms with E-state index in [0.717, 1.165) is 11.6 Å². The lowest BCUT2D eigenvalue weighted by Gasteiger charge is -2.34. The Bertz CT molecular complexity index is 853. The third-order valence-corrected chi connectivity index (χ3v) is 4.60. The molecule has 0 bridgehead atoms. The Kier molecular flexibility index (Phi) is 7.20. The Morgan fingerprint density at radius 2 is 2.17 bits per heavy atom. The number of aryl methyl sites for hydroxylation is 1. The zero-order chi connectivity index (χ0) is 21.6. The summed E-state index contributed by atoms with van der Waals surface area (Å²) in [5, 5.41) is 7.42. The topological polar surface area (TPSA) is 63.9 Å². The van der Waals surface area contributed by atoms with Gasteiger partial charge in [-0.1, -0.05) is 12.1 Å². The smallest absolute Gasteiger partial charge is 0.419 e. The molecule has 0 amide bonds. The van der Waals surface area contributed by atoms with Gasteiger partial charge in [0.15, 0.2) is 5.96 Å². The summed E-state index contributed by atoms with van der Waals surface area (Å²) in [5.41, 5.74) is 0.207. The van der Waals surface area contributed by atoms with Crippen LogP contribution < -0.4 is 10.1 Å². The first-order chi connectivity index (χ1) is 14.4. The monoisotopic (exact) mass is 425 g/mol. The van der Waals surface area contributed by atoms with Crippen molar-refractivity contribution in [1.82, 2.24) is 20.0 Å². The molecule has 1 aliphatic rings. The van der Waals surface area contributed by atoms with Crippen LogP contribution in [0.25, 0.3) is 0 Å². The van der Waals surface area contributed by atoms with Crippen LogP contribution in [0, 0.1) is 0 Å². The Labute approximate surface area is 173 Å². The van der Waals surface area contributed by atoms with Gasteiger partial charge in [-0.3, -0.25) is 4.68 Å². The van der Waals surface area contributed by atoms with Crippen molar-refractivity contribution >= 4 is 5.96 Å². The number of aromatic nitrogens is 2. The number of alkyl halides is 3. The molecule has 0 aliphatic carbocycles. The summed E-state index contributed by atoms with van der Waals surface area (Å²) in [4.78, 5) is 6.60. The van der Waals surface area contributed by atoms with Gasteiger partial charge in [-0.2, -0.15) is 18.3 Å². The standard InChI is InChI=1S/C20H26F3N5O2/c1-3-24-19(28-9-11-30-18(14-28)15-12-26-27(2)13-15)25-8-10-29-17-7-5-4-6-16(17)20(21,22)23/h4-7,12-13,18H,3,8-11,14H2,1-2H3,(H,24,25). The summed E-state index contributed by atoms with van der Waals surface area (Å²) in [6, 6.07) is 5.19. The Morgan fingerprint density at radius 1 is 1.37 bits per heavy atom. The minimum absolute atomic E-state index is 0.0400. The summed E-state index contributed by atoms with van der Waals surface area (Å²) in [5.74, 6) is 0.496. The van der Waals surface area contributed by atoms with Gasteiger partial charge in [0.25, 0.3) is 0 Å². The van der Waals surface area contributed by atoms with E-state index in [1.165, 1.54) is 18.2 Å². The molecule has 1 fully saturated rings. The zero-order valence-electron chi connectivity index (χ0n) is 17.0. The molecule has 0 radical (unpaired) electrons. The highest BCUT2D eigenvalue weighted by Crippen LogP contribution is 2.35. The molecule has 0 spiro atoms. The van der Waals surface area contributed by atoms with Crippen molar-refractivity contribution in [1.29, 1.82) is 0 Å². The summed E-state index contributed by atoms with van der Waals surface area (Å²) in [6.45, 7) is 4.72. The first kappa shape index (κ1) is 21.9. The zero-order valence-corrected chi connectivity index (χ0v) is 17.0. The second-order valence-corrected chi connectivity index (χ2v) is 6.83. The molecular formula is C20H26F3N5O2. The maximum atomic E-state index is 13.1. The number of nitrogens with one attached hydrogen (secondary N) is 1. The molecule has 1 aromatic heterocycles. The van der Waals surface area contributed by atoms with E-state index in [-0.39, 0.29) is 25.0 Å². The van der Waals surface area contributed by atoms with Crippen LogP contribution in [-0.4, -0.2) is 60.0 Å². The van der Waals surface area contributed by atoms with Crippen molar-refractivity contribution in [2.45, 2.75) is 19.2 Å². The molecule has 2 heterocycles. The summed E-state index contributed by atoms with van der Waals surface area (Å²) >= 11 is 0. The average Bonchev–Trinajstić information content (AvgIpc) is 3.16. The summed E-state index contributed by atoms with van der Waals surface area (Å²) in [7, 11) is 1.85. The molecular weight excluding hydrogens is 399 g/mol. The second-order valence-electron chi connectivity index (χ2n) is 6.83. The van der Waals surface area contributed by atoms with E-state index in [0.29, 0.717) is 32.2 Å². The number of halogens is 3. The molecule has 164 valence electrons. The van der Waals surface area contributed by atoms with E-state index in [1.807, 2.05) is 20.2 Å². The van der Waals surface area contributed by atoms with Crippen molar-refractivity contribution in [3.05, 3.63) is 47.8 Å². The van der Waals surface area contributed by atoms with Gasteiger partial charge in [0.1, 0.15) is 18.5 Å². The molecule has 1 unspecified atom stereocenters. The van der Waals surface area contributed by atoms with Crippen LogP contribution >= 0.6 is 0 Å². The number of para-hydroxylation sites is 1. The van der Waals surface area contributed by atoms with Gasteiger partial charge in [-0.25, -0.2) is 4.99 Å². The molecule has 2 aromatic rings. The number of ether oxygens (including phenoxy) is 2. The fourth-order valence-corrected chi connectivity index (χ4v) is 3.21. The maximum absolute atomic E-state index is 13.1. The molecule has 1 aromatic carbocycles. The molecule has 10 heteroatoms. The minimum atomic E-state index is -4.45. The van der Waals surface area contributed by atoms with E-state index in [2.05, 4.69) is 20.3 Å². The SMILES string of the molecule is CCNC(=NCCOc1ccccc1C(F)(F)F)N1CCOC(c2cnn(C)c2)C1. The largest absolute Gasteiger partial charge is 0.491 e. The molecule has 0 saturated carbocycles. The molecule has 7 nitrogen and oxygen atoms in total.